The van der Waals surface area contributed by atoms with E-state index in [4.69, 9.17) is 4.74 Å². The molecule has 2 aromatic heterocycles. The lowest BCUT2D eigenvalue weighted by atomic mass is 10.1. The van der Waals surface area contributed by atoms with Crippen LogP contribution in [0.4, 0.5) is 14.6 Å². The zero-order valence-corrected chi connectivity index (χ0v) is 16.9. The number of fused-ring (bicyclic) bond motifs is 1. The molecule has 2 heterocycles. The van der Waals surface area contributed by atoms with Crippen LogP contribution in [0, 0.1) is 12.8 Å². The van der Waals surface area contributed by atoms with Gasteiger partial charge in [0.25, 0.3) is 5.92 Å². The molecule has 0 radical (unpaired) electrons. The number of anilines is 1. The molecule has 0 aliphatic rings. The molecule has 0 fully saturated rings. The van der Waals surface area contributed by atoms with Gasteiger partial charge in [0.15, 0.2) is 6.61 Å². The van der Waals surface area contributed by atoms with Gasteiger partial charge in [-0.3, -0.25) is 9.48 Å². The average molecular weight is 402 g/mol. The minimum Gasteiger partial charge on any atom is -0.487 e. The van der Waals surface area contributed by atoms with Crippen molar-refractivity contribution in [1.82, 2.24) is 14.8 Å². The summed E-state index contributed by atoms with van der Waals surface area (Å²) in [5.41, 5.74) is 2.45. The molecule has 29 heavy (non-hydrogen) atoms. The summed E-state index contributed by atoms with van der Waals surface area (Å²) >= 11 is 0. The van der Waals surface area contributed by atoms with Gasteiger partial charge in [-0.1, -0.05) is 26.0 Å². The normalized spacial score (nSPS) is 11.8. The van der Waals surface area contributed by atoms with E-state index in [1.54, 1.807) is 23.0 Å². The largest absolute Gasteiger partial charge is 0.487 e. The molecule has 6 nitrogen and oxygen atoms in total. The molecule has 154 valence electrons. The third kappa shape index (κ3) is 5.28. The van der Waals surface area contributed by atoms with Gasteiger partial charge in [-0.25, -0.2) is 13.8 Å². The van der Waals surface area contributed by atoms with Crippen molar-refractivity contribution >= 4 is 22.6 Å². The van der Waals surface area contributed by atoms with Crippen LogP contribution in [0.15, 0.2) is 36.7 Å². The number of aromatic nitrogens is 3. The van der Waals surface area contributed by atoms with E-state index in [0.29, 0.717) is 18.1 Å². The number of nitrogens with zero attached hydrogens (tertiary/aromatic N) is 3. The first-order chi connectivity index (χ1) is 13.6. The molecule has 0 unspecified atom stereocenters. The smallest absolute Gasteiger partial charge is 0.278 e. The van der Waals surface area contributed by atoms with Crippen molar-refractivity contribution in [2.45, 2.75) is 40.2 Å². The number of amides is 1. The molecule has 3 aromatic rings. The number of pyridine rings is 1. The Hall–Kier alpha value is -3.03. The number of nitrogens with one attached hydrogen (secondary N) is 1. The quantitative estimate of drug-likeness (QED) is 0.635. The Morgan fingerprint density at radius 2 is 2.07 bits per heavy atom. The number of carbonyl (C=O) groups is 1. The third-order valence-electron chi connectivity index (χ3n) is 4.31. The number of aryl methyl sites for hydroxylation is 1. The van der Waals surface area contributed by atoms with Crippen LogP contribution in [0.2, 0.25) is 0 Å². The number of rotatable bonds is 7. The van der Waals surface area contributed by atoms with Crippen molar-refractivity contribution in [1.29, 1.82) is 0 Å². The summed E-state index contributed by atoms with van der Waals surface area (Å²) in [6, 6.07) is 7.18. The van der Waals surface area contributed by atoms with Crippen LogP contribution in [0.1, 0.15) is 31.9 Å². The van der Waals surface area contributed by atoms with Gasteiger partial charge in [0.05, 0.1) is 17.4 Å². The van der Waals surface area contributed by atoms with Gasteiger partial charge in [0.1, 0.15) is 11.6 Å². The van der Waals surface area contributed by atoms with E-state index in [1.165, 1.54) is 0 Å². The summed E-state index contributed by atoms with van der Waals surface area (Å²) in [5, 5.41) is 8.11. The standard InChI is InChI=1S/C21H24F2N4O2/c1-13(2)20(28)25-19-16-11-27(26-17(16)7-8-24-19)10-15-5-6-18(14(3)9-15)29-12-21(4,22)23/h5-9,11,13H,10,12H2,1-4H3,(H,24,25,28). The first kappa shape index (κ1) is 20.7. The molecule has 0 spiro atoms. The maximum Gasteiger partial charge on any atom is 0.278 e. The predicted molar refractivity (Wildman–Crippen MR) is 107 cm³/mol. The SMILES string of the molecule is Cc1cc(Cn2cc3c(NC(=O)C(C)C)nccc3n2)ccc1OCC(C)(F)F. The van der Waals surface area contributed by atoms with Crippen LogP contribution >= 0.6 is 0 Å². The van der Waals surface area contributed by atoms with E-state index in [9.17, 15) is 13.6 Å². The molecule has 0 atom stereocenters. The van der Waals surface area contributed by atoms with Crippen molar-refractivity contribution in [2.24, 2.45) is 5.92 Å². The fraction of sp³-hybridized carbons (Fsp3) is 0.381. The summed E-state index contributed by atoms with van der Waals surface area (Å²) < 4.78 is 33.0. The van der Waals surface area contributed by atoms with Crippen LogP contribution in [0.5, 0.6) is 5.75 Å². The summed E-state index contributed by atoms with van der Waals surface area (Å²) in [6.07, 6.45) is 3.44. The van der Waals surface area contributed by atoms with E-state index in [-0.39, 0.29) is 11.8 Å². The second-order valence-corrected chi connectivity index (χ2v) is 7.52. The molecule has 0 saturated heterocycles. The molecule has 0 aliphatic carbocycles. The molecule has 1 N–H and O–H groups in total. The van der Waals surface area contributed by atoms with Crippen molar-refractivity contribution in [2.75, 3.05) is 11.9 Å². The molecule has 1 aromatic carbocycles. The lowest BCUT2D eigenvalue weighted by Gasteiger charge is -2.14. The minimum absolute atomic E-state index is 0.110. The maximum absolute atomic E-state index is 13.0. The van der Waals surface area contributed by atoms with Gasteiger partial charge < -0.3 is 10.1 Å². The van der Waals surface area contributed by atoms with Gasteiger partial charge in [-0.2, -0.15) is 5.10 Å². The number of benzene rings is 1. The van der Waals surface area contributed by atoms with Crippen molar-refractivity contribution in [3.63, 3.8) is 0 Å². The van der Waals surface area contributed by atoms with E-state index >= 15 is 0 Å². The molecule has 0 aliphatic heterocycles. The Balaban J connectivity index is 1.78. The van der Waals surface area contributed by atoms with Crippen molar-refractivity contribution in [3.05, 3.63) is 47.8 Å². The highest BCUT2D eigenvalue weighted by atomic mass is 19.3. The van der Waals surface area contributed by atoms with E-state index in [0.717, 1.165) is 29.0 Å². The third-order valence-corrected chi connectivity index (χ3v) is 4.31. The van der Waals surface area contributed by atoms with Gasteiger partial charge in [-0.05, 0) is 30.2 Å². The van der Waals surface area contributed by atoms with Crippen molar-refractivity contribution in [3.8, 4) is 5.75 Å². The van der Waals surface area contributed by atoms with Gasteiger partial charge in [0, 0.05) is 25.2 Å². The number of halogens is 2. The Bertz CT molecular complexity index is 1030. The fourth-order valence-corrected chi connectivity index (χ4v) is 2.80. The molecular formula is C21H24F2N4O2. The maximum atomic E-state index is 13.0. The average Bonchev–Trinajstić information content (AvgIpc) is 3.03. The Morgan fingerprint density at radius 3 is 2.72 bits per heavy atom. The summed E-state index contributed by atoms with van der Waals surface area (Å²) in [5.74, 6) is -2.23. The Morgan fingerprint density at radius 1 is 1.31 bits per heavy atom. The highest BCUT2D eigenvalue weighted by Crippen LogP contribution is 2.24. The highest BCUT2D eigenvalue weighted by molar-refractivity contribution is 5.99. The van der Waals surface area contributed by atoms with Gasteiger partial charge in [-0.15, -0.1) is 0 Å². The first-order valence-corrected chi connectivity index (χ1v) is 9.35. The van der Waals surface area contributed by atoms with Crippen LogP contribution < -0.4 is 10.1 Å². The van der Waals surface area contributed by atoms with Crippen LogP contribution in [0.3, 0.4) is 0 Å². The van der Waals surface area contributed by atoms with Crippen LogP contribution in [-0.4, -0.2) is 33.2 Å². The number of hydrogen-bond donors (Lipinski definition) is 1. The molecule has 3 rings (SSSR count). The number of carbonyl (C=O) groups excluding carboxylic acids is 1. The minimum atomic E-state index is -2.88. The van der Waals surface area contributed by atoms with Crippen molar-refractivity contribution < 1.29 is 18.3 Å². The topological polar surface area (TPSA) is 69.0 Å². The molecule has 0 saturated carbocycles. The number of alkyl halides is 2. The highest BCUT2D eigenvalue weighted by Gasteiger charge is 2.22. The molecule has 1 amide bonds. The molecule has 8 heteroatoms. The molecule has 0 bridgehead atoms. The summed E-state index contributed by atoms with van der Waals surface area (Å²) in [6.45, 7) is 6.10. The Labute approximate surface area is 167 Å². The molecular weight excluding hydrogens is 378 g/mol. The predicted octanol–water partition coefficient (Wildman–Crippen LogP) is 4.42. The number of hydrogen-bond acceptors (Lipinski definition) is 4. The zero-order valence-electron chi connectivity index (χ0n) is 16.9. The first-order valence-electron chi connectivity index (χ1n) is 9.35. The van der Waals surface area contributed by atoms with E-state index in [1.807, 2.05) is 39.1 Å². The second-order valence-electron chi connectivity index (χ2n) is 7.52. The lowest BCUT2D eigenvalue weighted by molar-refractivity contribution is -0.118. The van der Waals surface area contributed by atoms with E-state index in [2.05, 4.69) is 15.4 Å². The van der Waals surface area contributed by atoms with E-state index < -0.39 is 12.5 Å². The number of ether oxygens (including phenoxy) is 1. The monoisotopic (exact) mass is 402 g/mol. The Kier molecular flexibility index (Phi) is 5.81. The second kappa shape index (κ2) is 8.14. The van der Waals surface area contributed by atoms with Crippen LogP contribution in [0.25, 0.3) is 10.9 Å². The van der Waals surface area contributed by atoms with Crippen LogP contribution in [-0.2, 0) is 11.3 Å². The fourth-order valence-electron chi connectivity index (χ4n) is 2.80. The summed E-state index contributed by atoms with van der Waals surface area (Å²) in [4.78, 5) is 16.3. The summed E-state index contributed by atoms with van der Waals surface area (Å²) in [7, 11) is 0. The lowest BCUT2D eigenvalue weighted by Crippen LogP contribution is -2.21. The van der Waals surface area contributed by atoms with Gasteiger partial charge >= 0.3 is 0 Å². The van der Waals surface area contributed by atoms with Gasteiger partial charge in [0.2, 0.25) is 5.91 Å². The zero-order chi connectivity index (χ0) is 21.2.